The molecule has 0 aromatic heterocycles. The van der Waals surface area contributed by atoms with Crippen molar-refractivity contribution in [2.75, 3.05) is 0 Å². The predicted molar refractivity (Wildman–Crippen MR) is 36.3 cm³/mol. The predicted octanol–water partition coefficient (Wildman–Crippen LogP) is 0.593. The topological polar surface area (TPSA) is 74.6 Å². The van der Waals surface area contributed by atoms with Crippen LogP contribution in [0.15, 0.2) is 12.2 Å². The van der Waals surface area contributed by atoms with Crippen molar-refractivity contribution in [1.29, 1.82) is 0 Å². The van der Waals surface area contributed by atoms with Crippen molar-refractivity contribution in [1.82, 2.24) is 0 Å². The van der Waals surface area contributed by atoms with Gasteiger partial charge in [0, 0.05) is 5.57 Å². The summed E-state index contributed by atoms with van der Waals surface area (Å²) in [6.45, 7) is 2.85. The molecule has 0 aliphatic heterocycles. The van der Waals surface area contributed by atoms with Crippen LogP contribution in [0.5, 0.6) is 0 Å². The largest absolute Gasteiger partial charge is 0.481 e. The van der Waals surface area contributed by atoms with E-state index < -0.39 is 35.3 Å². The van der Waals surface area contributed by atoms with E-state index in [4.69, 9.17) is 10.2 Å². The second-order valence-corrected chi connectivity index (χ2v) is 2.78. The van der Waals surface area contributed by atoms with E-state index in [0.717, 1.165) is 0 Å². The summed E-state index contributed by atoms with van der Waals surface area (Å²) in [6, 6.07) is 0. The van der Waals surface area contributed by atoms with Gasteiger partial charge in [-0.05, 0) is 0 Å². The van der Waals surface area contributed by atoms with Crippen LogP contribution in [0.4, 0.5) is 8.78 Å². The van der Waals surface area contributed by atoms with Crippen LogP contribution in [0.25, 0.3) is 0 Å². The quantitative estimate of drug-likeness (QED) is 0.628. The van der Waals surface area contributed by atoms with Crippen molar-refractivity contribution in [3.63, 3.8) is 0 Å². The summed E-state index contributed by atoms with van der Waals surface area (Å²) >= 11 is 0. The molecule has 2 N–H and O–H groups in total. The first-order valence-corrected chi connectivity index (χ1v) is 3.33. The van der Waals surface area contributed by atoms with Gasteiger partial charge in [0.1, 0.15) is 11.8 Å². The van der Waals surface area contributed by atoms with Crippen molar-refractivity contribution in [2.45, 2.75) is 5.92 Å². The standard InChI is InChI=1S/C7H6F2O4/c1-2-3(5(10)11)4(6(12)13)7(2,8)9/h3-4H,1H2,(H,10,11)(H,12,13). The van der Waals surface area contributed by atoms with Gasteiger partial charge in [0.15, 0.2) is 0 Å². The highest BCUT2D eigenvalue weighted by molar-refractivity contribution is 5.87. The first-order chi connectivity index (χ1) is 5.80. The van der Waals surface area contributed by atoms with Crippen LogP contribution in [-0.2, 0) is 9.59 Å². The van der Waals surface area contributed by atoms with E-state index in [1.54, 1.807) is 0 Å². The molecule has 0 aromatic carbocycles. The second kappa shape index (κ2) is 2.51. The Labute approximate surface area is 71.5 Å². The monoisotopic (exact) mass is 192 g/mol. The van der Waals surface area contributed by atoms with Crippen molar-refractivity contribution in [3.05, 3.63) is 12.2 Å². The van der Waals surface area contributed by atoms with Crippen LogP contribution in [0.3, 0.4) is 0 Å². The molecule has 4 nitrogen and oxygen atoms in total. The number of carboxylic acid groups (broad SMARTS) is 2. The number of halogens is 2. The van der Waals surface area contributed by atoms with Gasteiger partial charge in [0.05, 0.1) is 0 Å². The Bertz CT molecular complexity index is 297. The molecule has 0 amide bonds. The number of alkyl halides is 2. The molecule has 0 aromatic rings. The van der Waals surface area contributed by atoms with E-state index in [9.17, 15) is 18.4 Å². The third-order valence-corrected chi connectivity index (χ3v) is 2.06. The lowest BCUT2D eigenvalue weighted by atomic mass is 9.66. The molecule has 1 aliphatic carbocycles. The fraction of sp³-hybridized carbons (Fsp3) is 0.429. The van der Waals surface area contributed by atoms with Gasteiger partial charge in [0.2, 0.25) is 0 Å². The smallest absolute Gasteiger partial charge is 0.314 e. The van der Waals surface area contributed by atoms with Crippen LogP contribution >= 0.6 is 0 Å². The first kappa shape index (κ1) is 9.63. The van der Waals surface area contributed by atoms with E-state index in [1.165, 1.54) is 0 Å². The molecule has 0 bridgehead atoms. The zero-order valence-electron chi connectivity index (χ0n) is 6.33. The summed E-state index contributed by atoms with van der Waals surface area (Å²) in [5.74, 6) is -10.9. The minimum atomic E-state index is -3.60. The molecule has 2 unspecified atom stereocenters. The van der Waals surface area contributed by atoms with Gasteiger partial charge in [-0.3, -0.25) is 9.59 Å². The minimum absolute atomic E-state index is 0.840. The summed E-state index contributed by atoms with van der Waals surface area (Å²) < 4.78 is 25.4. The molecule has 0 spiro atoms. The highest BCUT2D eigenvalue weighted by Crippen LogP contribution is 2.52. The average molecular weight is 192 g/mol. The van der Waals surface area contributed by atoms with Crippen LogP contribution < -0.4 is 0 Å². The maximum absolute atomic E-state index is 12.7. The maximum atomic E-state index is 12.7. The van der Waals surface area contributed by atoms with E-state index in [1.807, 2.05) is 0 Å². The fourth-order valence-electron chi connectivity index (χ4n) is 1.31. The van der Waals surface area contributed by atoms with Crippen molar-refractivity contribution in [3.8, 4) is 0 Å². The van der Waals surface area contributed by atoms with Gasteiger partial charge in [0.25, 0.3) is 5.92 Å². The Morgan fingerprint density at radius 1 is 1.31 bits per heavy atom. The lowest BCUT2D eigenvalue weighted by Gasteiger charge is -2.41. The van der Waals surface area contributed by atoms with Gasteiger partial charge in [-0.2, -0.15) is 0 Å². The first-order valence-electron chi connectivity index (χ1n) is 3.33. The minimum Gasteiger partial charge on any atom is -0.481 e. The molecule has 6 heteroatoms. The normalized spacial score (nSPS) is 30.8. The average Bonchev–Trinajstić information content (AvgIpc) is 1.96. The van der Waals surface area contributed by atoms with E-state index in [2.05, 4.69) is 6.58 Å². The molecular weight excluding hydrogens is 186 g/mol. The number of hydrogen-bond donors (Lipinski definition) is 2. The second-order valence-electron chi connectivity index (χ2n) is 2.78. The molecule has 2 atom stereocenters. The van der Waals surface area contributed by atoms with E-state index in [0.29, 0.717) is 0 Å². The highest BCUT2D eigenvalue weighted by Gasteiger charge is 2.66. The zero-order chi connectivity index (χ0) is 10.4. The molecule has 1 saturated carbocycles. The molecule has 1 rings (SSSR count). The van der Waals surface area contributed by atoms with Crippen LogP contribution in [0.2, 0.25) is 0 Å². The van der Waals surface area contributed by atoms with E-state index >= 15 is 0 Å². The Balaban J connectivity index is 2.98. The molecule has 13 heavy (non-hydrogen) atoms. The fourth-order valence-corrected chi connectivity index (χ4v) is 1.31. The van der Waals surface area contributed by atoms with Gasteiger partial charge in [-0.15, -0.1) is 0 Å². The lowest BCUT2D eigenvalue weighted by Crippen LogP contribution is -2.56. The van der Waals surface area contributed by atoms with Gasteiger partial charge >= 0.3 is 11.9 Å². The number of carbonyl (C=O) groups is 2. The van der Waals surface area contributed by atoms with Crippen molar-refractivity contribution >= 4 is 11.9 Å². The molecule has 1 aliphatic rings. The van der Waals surface area contributed by atoms with Gasteiger partial charge in [-0.25, -0.2) is 8.78 Å². The number of aliphatic carboxylic acids is 2. The summed E-state index contributed by atoms with van der Waals surface area (Å²) in [6.07, 6.45) is 0. The van der Waals surface area contributed by atoms with Gasteiger partial charge in [-0.1, -0.05) is 6.58 Å². The Kier molecular flexibility index (Phi) is 1.86. The Morgan fingerprint density at radius 3 is 2.00 bits per heavy atom. The van der Waals surface area contributed by atoms with Crippen LogP contribution in [0.1, 0.15) is 0 Å². The summed E-state index contributed by atoms with van der Waals surface area (Å²) in [5, 5.41) is 16.7. The van der Waals surface area contributed by atoms with Crippen molar-refractivity contribution in [2.24, 2.45) is 11.8 Å². The number of rotatable bonds is 2. The SMILES string of the molecule is C=C1C(C(=O)O)C(C(=O)O)C1(F)F. The van der Waals surface area contributed by atoms with Crippen molar-refractivity contribution < 1.29 is 28.6 Å². The number of hydrogen-bond acceptors (Lipinski definition) is 2. The molecule has 72 valence electrons. The maximum Gasteiger partial charge on any atom is 0.314 e. The van der Waals surface area contributed by atoms with Gasteiger partial charge < -0.3 is 10.2 Å². The van der Waals surface area contributed by atoms with Crippen LogP contribution in [-0.4, -0.2) is 28.1 Å². The summed E-state index contributed by atoms with van der Waals surface area (Å²) in [5.41, 5.74) is -0.840. The molecule has 1 fully saturated rings. The van der Waals surface area contributed by atoms with E-state index in [-0.39, 0.29) is 0 Å². The highest BCUT2D eigenvalue weighted by atomic mass is 19.3. The van der Waals surface area contributed by atoms with Crippen LogP contribution in [0, 0.1) is 11.8 Å². The molecular formula is C7H6F2O4. The number of carboxylic acids is 2. The third kappa shape index (κ3) is 1.09. The zero-order valence-corrected chi connectivity index (χ0v) is 6.33. The Hall–Kier alpha value is -1.46. The third-order valence-electron chi connectivity index (χ3n) is 2.06. The summed E-state index contributed by atoms with van der Waals surface area (Å²) in [4.78, 5) is 20.6. The molecule has 0 heterocycles. The Morgan fingerprint density at radius 2 is 1.77 bits per heavy atom. The molecule has 0 radical (unpaired) electrons. The lowest BCUT2D eigenvalue weighted by molar-refractivity contribution is -0.182. The summed E-state index contributed by atoms with van der Waals surface area (Å²) in [7, 11) is 0. The molecule has 0 saturated heterocycles.